The average molecular weight is 342 g/mol. The molecule has 0 bridgehead atoms. The molecule has 1 unspecified atom stereocenters. The smallest absolute Gasteiger partial charge is 0.413 e. The summed E-state index contributed by atoms with van der Waals surface area (Å²) in [5.41, 5.74) is 0. The first kappa shape index (κ1) is 19.9. The van der Waals surface area contributed by atoms with Gasteiger partial charge in [-0.3, -0.25) is 9.59 Å². The van der Waals surface area contributed by atoms with Gasteiger partial charge in [-0.25, -0.2) is 9.59 Å². The summed E-state index contributed by atoms with van der Waals surface area (Å²) in [6.07, 6.45) is 2.08. The fourth-order valence-electron chi connectivity index (χ4n) is 2.55. The summed E-state index contributed by atoms with van der Waals surface area (Å²) in [4.78, 5) is 48.0. The van der Waals surface area contributed by atoms with Crippen molar-refractivity contribution in [2.75, 3.05) is 13.8 Å². The van der Waals surface area contributed by atoms with Crippen molar-refractivity contribution in [3.63, 3.8) is 0 Å². The van der Waals surface area contributed by atoms with E-state index in [9.17, 15) is 19.2 Å². The number of nitrogens with zero attached hydrogens (tertiary/aromatic N) is 1. The van der Waals surface area contributed by atoms with Gasteiger partial charge in [0.05, 0.1) is 6.04 Å². The summed E-state index contributed by atoms with van der Waals surface area (Å²) >= 11 is 0. The van der Waals surface area contributed by atoms with Gasteiger partial charge >= 0.3 is 12.1 Å². The molecule has 8 heteroatoms. The molecule has 0 saturated heterocycles. The molecule has 1 rings (SSSR count). The van der Waals surface area contributed by atoms with Gasteiger partial charge in [-0.15, -0.1) is 0 Å². The Bertz CT molecular complexity index is 491. The number of amides is 2. The fraction of sp³-hybridized carbons (Fsp3) is 0.750. The van der Waals surface area contributed by atoms with Crippen molar-refractivity contribution >= 4 is 23.8 Å². The van der Waals surface area contributed by atoms with Crippen molar-refractivity contribution in [2.24, 2.45) is 5.92 Å². The second-order valence-electron chi connectivity index (χ2n) is 6.25. The van der Waals surface area contributed by atoms with Crippen molar-refractivity contribution in [2.45, 2.75) is 58.5 Å². The number of esters is 1. The molecule has 8 nitrogen and oxygen atoms in total. The van der Waals surface area contributed by atoms with Gasteiger partial charge in [0, 0.05) is 20.4 Å². The Hall–Kier alpha value is -2.12. The number of hydrogen-bond donors (Lipinski definition) is 1. The largest absolute Gasteiger partial charge is 0.426 e. The topological polar surface area (TPSA) is 102 Å². The van der Waals surface area contributed by atoms with Crippen LogP contribution in [-0.4, -0.2) is 54.6 Å². The van der Waals surface area contributed by atoms with Gasteiger partial charge < -0.3 is 19.7 Å². The molecule has 0 aromatic rings. The Labute approximate surface area is 141 Å². The predicted molar refractivity (Wildman–Crippen MR) is 84.9 cm³/mol. The number of ether oxygens (including phenoxy) is 2. The van der Waals surface area contributed by atoms with Crippen LogP contribution in [0.4, 0.5) is 4.79 Å². The van der Waals surface area contributed by atoms with Crippen molar-refractivity contribution in [3.8, 4) is 0 Å². The monoisotopic (exact) mass is 342 g/mol. The van der Waals surface area contributed by atoms with Crippen LogP contribution in [0.3, 0.4) is 0 Å². The number of ketones is 1. The van der Waals surface area contributed by atoms with Crippen LogP contribution < -0.4 is 5.32 Å². The zero-order valence-electron chi connectivity index (χ0n) is 14.7. The molecular formula is C16H26N2O6. The Balaban J connectivity index is 2.44. The highest BCUT2D eigenvalue weighted by Gasteiger charge is 2.30. The Morgan fingerprint density at radius 2 is 1.92 bits per heavy atom. The quantitative estimate of drug-likeness (QED) is 0.575. The molecule has 2 atom stereocenters. The molecule has 1 aliphatic rings. The van der Waals surface area contributed by atoms with E-state index < -0.39 is 30.9 Å². The van der Waals surface area contributed by atoms with Gasteiger partial charge in [-0.1, -0.05) is 20.3 Å². The molecule has 1 fully saturated rings. The molecule has 0 spiro atoms. The average Bonchev–Trinajstić information content (AvgIpc) is 2.51. The third kappa shape index (κ3) is 5.82. The maximum Gasteiger partial charge on any atom is 0.413 e. The lowest BCUT2D eigenvalue weighted by Crippen LogP contribution is -2.46. The van der Waals surface area contributed by atoms with Crippen LogP contribution in [0.2, 0.25) is 0 Å². The first-order chi connectivity index (χ1) is 11.2. The van der Waals surface area contributed by atoms with Crippen molar-refractivity contribution in [3.05, 3.63) is 0 Å². The lowest BCUT2D eigenvalue weighted by atomic mass is 9.93. The normalized spacial score (nSPS) is 18.7. The van der Waals surface area contributed by atoms with Gasteiger partial charge in [-0.05, 0) is 18.8 Å². The standard InChI is InChI=1S/C16H26N2O6/c1-10(2)14(17-11(3)19)15(21)23-9-24-16(22)18(4)12-7-5-6-8-13(12)20/h10,12,14H,5-9H2,1-4H3,(H,17,19)/t12-,14?/m1/s1. The SMILES string of the molecule is CC(=O)NC(C(=O)OCOC(=O)N(C)[C@@H]1CCCCC1=O)C(C)C. The van der Waals surface area contributed by atoms with E-state index in [1.807, 2.05) is 0 Å². The second kappa shape index (κ2) is 9.24. The maximum atomic E-state index is 11.9. The van der Waals surface area contributed by atoms with E-state index in [0.717, 1.165) is 12.8 Å². The molecule has 0 radical (unpaired) electrons. The van der Waals surface area contributed by atoms with E-state index in [1.165, 1.54) is 18.9 Å². The van der Waals surface area contributed by atoms with Crippen LogP contribution in [-0.2, 0) is 23.9 Å². The van der Waals surface area contributed by atoms with Gasteiger partial charge in [0.25, 0.3) is 0 Å². The first-order valence-corrected chi connectivity index (χ1v) is 8.10. The fourth-order valence-corrected chi connectivity index (χ4v) is 2.55. The summed E-state index contributed by atoms with van der Waals surface area (Å²) in [6, 6.07) is -1.29. The molecule has 0 heterocycles. The molecule has 1 aliphatic carbocycles. The van der Waals surface area contributed by atoms with E-state index in [4.69, 9.17) is 9.47 Å². The lowest BCUT2D eigenvalue weighted by Gasteiger charge is -2.29. The van der Waals surface area contributed by atoms with E-state index in [0.29, 0.717) is 12.8 Å². The Morgan fingerprint density at radius 1 is 1.25 bits per heavy atom. The number of carbonyl (C=O) groups excluding carboxylic acids is 4. The Kier molecular flexibility index (Phi) is 7.67. The minimum atomic E-state index is -0.807. The number of Topliss-reactive ketones (excluding diaryl/α,β-unsaturated/α-hetero) is 1. The molecule has 0 aromatic carbocycles. The number of rotatable bonds is 6. The minimum Gasteiger partial charge on any atom is -0.426 e. The van der Waals surface area contributed by atoms with Gasteiger partial charge in [0.2, 0.25) is 12.7 Å². The van der Waals surface area contributed by atoms with Crippen LogP contribution in [0.5, 0.6) is 0 Å². The van der Waals surface area contributed by atoms with Crippen LogP contribution in [0.15, 0.2) is 0 Å². The molecule has 0 aromatic heterocycles. The van der Waals surface area contributed by atoms with Crippen molar-refractivity contribution in [1.29, 1.82) is 0 Å². The summed E-state index contributed by atoms with van der Waals surface area (Å²) in [5.74, 6) is -1.18. The molecule has 2 amide bonds. The summed E-state index contributed by atoms with van der Waals surface area (Å²) in [5, 5.41) is 2.49. The van der Waals surface area contributed by atoms with E-state index in [1.54, 1.807) is 13.8 Å². The van der Waals surface area contributed by atoms with E-state index >= 15 is 0 Å². The van der Waals surface area contributed by atoms with Crippen LogP contribution in [0.25, 0.3) is 0 Å². The minimum absolute atomic E-state index is 0.0169. The van der Waals surface area contributed by atoms with Crippen LogP contribution in [0.1, 0.15) is 46.5 Å². The summed E-state index contributed by atoms with van der Waals surface area (Å²) in [6.45, 7) is 4.26. The first-order valence-electron chi connectivity index (χ1n) is 8.10. The molecular weight excluding hydrogens is 316 g/mol. The third-order valence-electron chi connectivity index (χ3n) is 3.94. The molecule has 1 saturated carbocycles. The highest BCUT2D eigenvalue weighted by Crippen LogP contribution is 2.19. The van der Waals surface area contributed by atoms with Crippen LogP contribution in [0, 0.1) is 5.92 Å². The summed E-state index contributed by atoms with van der Waals surface area (Å²) < 4.78 is 9.78. The zero-order valence-corrected chi connectivity index (χ0v) is 14.7. The highest BCUT2D eigenvalue weighted by atomic mass is 16.7. The predicted octanol–water partition coefficient (Wildman–Crippen LogP) is 1.23. The second-order valence-corrected chi connectivity index (χ2v) is 6.25. The van der Waals surface area contributed by atoms with Crippen molar-refractivity contribution in [1.82, 2.24) is 10.2 Å². The summed E-state index contributed by atoms with van der Waals surface area (Å²) in [7, 11) is 1.49. The zero-order chi connectivity index (χ0) is 18.3. The van der Waals surface area contributed by atoms with E-state index in [-0.39, 0.29) is 17.6 Å². The molecule has 24 heavy (non-hydrogen) atoms. The van der Waals surface area contributed by atoms with Gasteiger partial charge in [0.15, 0.2) is 5.78 Å². The van der Waals surface area contributed by atoms with Gasteiger partial charge in [-0.2, -0.15) is 0 Å². The third-order valence-corrected chi connectivity index (χ3v) is 3.94. The molecule has 1 N–H and O–H groups in total. The number of carbonyl (C=O) groups is 4. The van der Waals surface area contributed by atoms with Gasteiger partial charge in [0.1, 0.15) is 6.04 Å². The van der Waals surface area contributed by atoms with E-state index in [2.05, 4.69) is 5.32 Å². The highest BCUT2D eigenvalue weighted by molar-refractivity contribution is 5.88. The number of likely N-dealkylation sites (N-methyl/N-ethyl adjacent to an activating group) is 1. The van der Waals surface area contributed by atoms with Crippen LogP contribution >= 0.6 is 0 Å². The molecule has 136 valence electrons. The lowest BCUT2D eigenvalue weighted by molar-refractivity contribution is -0.157. The Morgan fingerprint density at radius 3 is 2.46 bits per heavy atom. The number of hydrogen-bond acceptors (Lipinski definition) is 6. The molecule has 0 aliphatic heterocycles. The maximum absolute atomic E-state index is 11.9. The number of nitrogens with one attached hydrogen (secondary N) is 1. The van der Waals surface area contributed by atoms with Crippen molar-refractivity contribution < 1.29 is 28.7 Å².